The SMILES string of the molecule is COc1cc(C)c(S(=O)(=O)NC(C)(C)COc2nccc(N3CCC4(CCN(c5ccncc5)CC4)CC3)n2)c(C)c1. The molecule has 2 aliphatic rings. The molecule has 0 amide bonds. The van der Waals surface area contributed by atoms with Crippen LogP contribution in [0.5, 0.6) is 11.8 Å². The fourth-order valence-electron chi connectivity index (χ4n) is 6.22. The Labute approximate surface area is 249 Å². The minimum absolute atomic E-state index is 0.0705. The Bertz CT molecular complexity index is 1460. The highest BCUT2D eigenvalue weighted by atomic mass is 32.2. The van der Waals surface area contributed by atoms with E-state index in [2.05, 4.69) is 41.6 Å². The second kappa shape index (κ2) is 12.0. The van der Waals surface area contributed by atoms with E-state index in [1.807, 2.05) is 18.5 Å². The van der Waals surface area contributed by atoms with E-state index in [0.717, 1.165) is 44.8 Å². The van der Waals surface area contributed by atoms with E-state index in [9.17, 15) is 8.42 Å². The van der Waals surface area contributed by atoms with Crippen molar-refractivity contribution in [2.45, 2.75) is 63.8 Å². The zero-order chi connectivity index (χ0) is 30.0. The predicted octanol–water partition coefficient (Wildman–Crippen LogP) is 4.52. The van der Waals surface area contributed by atoms with E-state index in [0.29, 0.717) is 22.3 Å². The number of nitrogens with zero attached hydrogens (tertiary/aromatic N) is 5. The number of pyridine rings is 1. The lowest BCUT2D eigenvalue weighted by Gasteiger charge is -2.47. The molecule has 0 radical (unpaired) electrons. The number of ether oxygens (including phenoxy) is 2. The normalized spacial score (nSPS) is 17.4. The van der Waals surface area contributed by atoms with E-state index in [-0.39, 0.29) is 17.5 Å². The van der Waals surface area contributed by atoms with Crippen LogP contribution < -0.4 is 24.0 Å². The van der Waals surface area contributed by atoms with Crippen molar-refractivity contribution in [1.29, 1.82) is 0 Å². The van der Waals surface area contributed by atoms with Crippen molar-refractivity contribution in [2.24, 2.45) is 5.41 Å². The van der Waals surface area contributed by atoms with Crippen LogP contribution in [0, 0.1) is 19.3 Å². The molecule has 4 heterocycles. The molecular weight excluding hydrogens is 552 g/mol. The van der Waals surface area contributed by atoms with Gasteiger partial charge in [0, 0.05) is 50.5 Å². The minimum Gasteiger partial charge on any atom is -0.497 e. The summed E-state index contributed by atoms with van der Waals surface area (Å²) in [7, 11) is -2.24. The van der Waals surface area contributed by atoms with Gasteiger partial charge in [-0.1, -0.05) is 0 Å². The summed E-state index contributed by atoms with van der Waals surface area (Å²) in [6.45, 7) is 11.2. The van der Waals surface area contributed by atoms with Gasteiger partial charge in [0.1, 0.15) is 18.2 Å². The average Bonchev–Trinajstić information content (AvgIpc) is 2.96. The van der Waals surface area contributed by atoms with Crippen molar-refractivity contribution in [3.05, 3.63) is 60.0 Å². The Hall–Kier alpha value is -3.44. The third-order valence-corrected chi connectivity index (χ3v) is 10.5. The molecule has 226 valence electrons. The number of sulfonamides is 1. The number of aryl methyl sites for hydroxylation is 2. The number of rotatable bonds is 9. The Kier molecular flexibility index (Phi) is 8.61. The van der Waals surface area contributed by atoms with Crippen molar-refractivity contribution in [2.75, 3.05) is 49.7 Å². The number of nitrogens with one attached hydrogen (secondary N) is 1. The Morgan fingerprint density at radius 2 is 1.52 bits per heavy atom. The van der Waals surface area contributed by atoms with Gasteiger partial charge in [-0.15, -0.1) is 0 Å². The molecule has 1 aromatic carbocycles. The standard InChI is InChI=1S/C31H42N6O4S/c1-23-20-26(40-5)21-24(2)28(23)42(38,39)35-30(3,4)22-41-29-33-15-8-27(34-29)37-18-11-31(12-19-37)9-16-36(17-10-31)25-6-13-32-14-7-25/h6-8,13-15,20-21,35H,9-12,16-19,22H2,1-5H3. The maximum atomic E-state index is 13.3. The first-order valence-corrected chi connectivity index (χ1v) is 16.0. The molecule has 2 aliphatic heterocycles. The maximum Gasteiger partial charge on any atom is 0.318 e. The van der Waals surface area contributed by atoms with Crippen molar-refractivity contribution in [3.63, 3.8) is 0 Å². The monoisotopic (exact) mass is 594 g/mol. The first-order chi connectivity index (χ1) is 20.0. The molecule has 2 saturated heterocycles. The number of methoxy groups -OCH3 is 1. The van der Waals surface area contributed by atoms with Gasteiger partial charge in [0.05, 0.1) is 17.5 Å². The summed E-state index contributed by atoms with van der Waals surface area (Å²) < 4.78 is 40.7. The highest BCUT2D eigenvalue weighted by Crippen LogP contribution is 2.42. The lowest BCUT2D eigenvalue weighted by molar-refractivity contribution is 0.166. The van der Waals surface area contributed by atoms with Crippen LogP contribution in [-0.2, 0) is 10.0 Å². The molecule has 42 heavy (non-hydrogen) atoms. The molecule has 2 aromatic heterocycles. The van der Waals surface area contributed by atoms with Gasteiger partial charge < -0.3 is 19.3 Å². The fourth-order valence-corrected chi connectivity index (χ4v) is 8.08. The van der Waals surface area contributed by atoms with Crippen LogP contribution in [-0.4, -0.2) is 68.8 Å². The smallest absolute Gasteiger partial charge is 0.318 e. The number of piperidine rings is 2. The molecule has 11 heteroatoms. The summed E-state index contributed by atoms with van der Waals surface area (Å²) >= 11 is 0. The average molecular weight is 595 g/mol. The van der Waals surface area contributed by atoms with Gasteiger partial charge in [0.15, 0.2) is 0 Å². The number of anilines is 2. The molecule has 1 spiro atoms. The fraction of sp³-hybridized carbons (Fsp3) is 0.516. The quantitative estimate of drug-likeness (QED) is 0.382. The topological polar surface area (TPSA) is 110 Å². The summed E-state index contributed by atoms with van der Waals surface area (Å²) in [6, 6.07) is 9.78. The van der Waals surface area contributed by atoms with E-state index >= 15 is 0 Å². The molecular formula is C31H42N6O4S. The molecule has 0 bridgehead atoms. The number of benzene rings is 1. The van der Waals surface area contributed by atoms with E-state index in [1.54, 1.807) is 53.1 Å². The van der Waals surface area contributed by atoms with E-state index < -0.39 is 15.6 Å². The number of hydrogen-bond acceptors (Lipinski definition) is 9. The third kappa shape index (κ3) is 6.78. The zero-order valence-electron chi connectivity index (χ0n) is 25.3. The highest BCUT2D eigenvalue weighted by Gasteiger charge is 2.38. The van der Waals surface area contributed by atoms with Crippen LogP contribution in [0.15, 0.2) is 53.8 Å². The van der Waals surface area contributed by atoms with Crippen LogP contribution in [0.4, 0.5) is 11.5 Å². The summed E-state index contributed by atoms with van der Waals surface area (Å²) in [5.41, 5.74) is 1.98. The largest absolute Gasteiger partial charge is 0.497 e. The third-order valence-electron chi connectivity index (χ3n) is 8.53. The predicted molar refractivity (Wildman–Crippen MR) is 164 cm³/mol. The van der Waals surface area contributed by atoms with Gasteiger partial charge in [0.25, 0.3) is 0 Å². The number of hydrogen-bond donors (Lipinski definition) is 1. The van der Waals surface area contributed by atoms with Crippen LogP contribution >= 0.6 is 0 Å². The van der Waals surface area contributed by atoms with Gasteiger partial charge in [0.2, 0.25) is 10.0 Å². The van der Waals surface area contributed by atoms with E-state index in [4.69, 9.17) is 9.47 Å². The molecule has 0 atom stereocenters. The number of aromatic nitrogens is 3. The molecule has 0 aliphatic carbocycles. The van der Waals surface area contributed by atoms with E-state index in [1.165, 1.54) is 18.5 Å². The maximum absolute atomic E-state index is 13.3. The molecule has 0 unspecified atom stereocenters. The molecule has 10 nitrogen and oxygen atoms in total. The van der Waals surface area contributed by atoms with Crippen LogP contribution in [0.25, 0.3) is 0 Å². The molecule has 5 rings (SSSR count). The molecule has 2 fully saturated rings. The zero-order valence-corrected chi connectivity index (χ0v) is 26.1. The first-order valence-electron chi connectivity index (χ1n) is 14.5. The Morgan fingerprint density at radius 1 is 0.929 bits per heavy atom. The van der Waals surface area contributed by atoms with Crippen molar-refractivity contribution < 1.29 is 17.9 Å². The Morgan fingerprint density at radius 3 is 2.12 bits per heavy atom. The van der Waals surface area contributed by atoms with Gasteiger partial charge in [-0.25, -0.2) is 18.1 Å². The van der Waals surface area contributed by atoms with Crippen molar-refractivity contribution >= 4 is 21.5 Å². The highest BCUT2D eigenvalue weighted by molar-refractivity contribution is 7.89. The second-order valence-electron chi connectivity index (χ2n) is 12.2. The lowest BCUT2D eigenvalue weighted by Crippen LogP contribution is -2.48. The van der Waals surface area contributed by atoms with Crippen LogP contribution in [0.1, 0.15) is 50.7 Å². The molecule has 0 saturated carbocycles. The van der Waals surface area contributed by atoms with Gasteiger partial charge in [-0.2, -0.15) is 4.98 Å². The molecule has 3 aromatic rings. The van der Waals surface area contributed by atoms with Gasteiger partial charge in [-0.3, -0.25) is 4.98 Å². The second-order valence-corrected chi connectivity index (χ2v) is 13.9. The van der Waals surface area contributed by atoms with Crippen LogP contribution in [0.3, 0.4) is 0 Å². The molecule has 1 N–H and O–H groups in total. The Balaban J connectivity index is 1.16. The van der Waals surface area contributed by atoms with Gasteiger partial charge in [-0.05, 0) is 100 Å². The lowest BCUT2D eigenvalue weighted by atomic mass is 9.71. The summed E-state index contributed by atoms with van der Waals surface area (Å²) in [6.07, 6.45) is 10.1. The van der Waals surface area contributed by atoms with Crippen molar-refractivity contribution in [1.82, 2.24) is 19.7 Å². The van der Waals surface area contributed by atoms with Gasteiger partial charge >= 0.3 is 6.01 Å². The summed E-state index contributed by atoms with van der Waals surface area (Å²) in [5, 5.41) is 0. The van der Waals surface area contributed by atoms with Crippen LogP contribution in [0.2, 0.25) is 0 Å². The van der Waals surface area contributed by atoms with Crippen molar-refractivity contribution in [3.8, 4) is 11.8 Å². The summed E-state index contributed by atoms with van der Waals surface area (Å²) in [4.78, 5) is 18.1. The first kappa shape index (κ1) is 30.0. The minimum atomic E-state index is -3.81. The summed E-state index contributed by atoms with van der Waals surface area (Å²) in [5.74, 6) is 1.46.